The van der Waals surface area contributed by atoms with Gasteiger partial charge in [-0.1, -0.05) is 11.8 Å². The number of hydrogen-bond acceptors (Lipinski definition) is 5. The molecule has 1 aromatic heterocycles. The summed E-state index contributed by atoms with van der Waals surface area (Å²) in [6, 6.07) is 3.04. The number of likely N-dealkylation sites (tertiary alicyclic amines) is 1. The van der Waals surface area contributed by atoms with Gasteiger partial charge in [-0.3, -0.25) is 19.3 Å². The zero-order chi connectivity index (χ0) is 14.3. The minimum atomic E-state index is -0.218. The van der Waals surface area contributed by atoms with Gasteiger partial charge in [-0.15, -0.1) is 0 Å². The lowest BCUT2D eigenvalue weighted by atomic mass is 10.2. The highest BCUT2D eigenvalue weighted by molar-refractivity contribution is 9.10. The summed E-state index contributed by atoms with van der Waals surface area (Å²) in [4.78, 5) is 38.4. The fourth-order valence-electron chi connectivity index (χ4n) is 2.44. The highest BCUT2D eigenvalue weighted by Gasteiger charge is 2.40. The molecule has 3 amide bonds. The van der Waals surface area contributed by atoms with Crippen LogP contribution in [0.1, 0.15) is 17.0 Å². The van der Waals surface area contributed by atoms with Gasteiger partial charge in [-0.25, -0.2) is 0 Å². The van der Waals surface area contributed by atoms with Gasteiger partial charge in [0.15, 0.2) is 10.4 Å². The fourth-order valence-corrected chi connectivity index (χ4v) is 3.52. The number of carbonyl (C=O) groups excluding carboxylic acids is 3. The summed E-state index contributed by atoms with van der Waals surface area (Å²) in [5, 5.41) is -0.213. The van der Waals surface area contributed by atoms with Crippen LogP contribution in [0.15, 0.2) is 21.2 Å². The molecular weight excluding hydrogens is 348 g/mol. The Bertz CT molecular complexity index is 572. The van der Waals surface area contributed by atoms with Crippen molar-refractivity contribution in [3.05, 3.63) is 22.6 Å². The second-order valence-corrected chi connectivity index (χ2v) is 6.32. The van der Waals surface area contributed by atoms with E-state index in [1.165, 1.54) is 4.90 Å². The molecule has 0 N–H and O–H groups in total. The third kappa shape index (κ3) is 2.37. The van der Waals surface area contributed by atoms with Crippen LogP contribution in [0.2, 0.25) is 0 Å². The van der Waals surface area contributed by atoms with Crippen LogP contribution in [0.25, 0.3) is 0 Å². The van der Waals surface area contributed by atoms with E-state index in [1.54, 1.807) is 17.0 Å². The van der Waals surface area contributed by atoms with Gasteiger partial charge in [0.25, 0.3) is 11.1 Å². The van der Waals surface area contributed by atoms with Crippen LogP contribution < -0.4 is 0 Å². The van der Waals surface area contributed by atoms with Crippen LogP contribution in [0.3, 0.4) is 0 Å². The van der Waals surface area contributed by atoms with E-state index in [-0.39, 0.29) is 34.6 Å². The Balaban J connectivity index is 1.69. The van der Waals surface area contributed by atoms with Crippen LogP contribution in [-0.2, 0) is 4.79 Å². The fraction of sp³-hybridized carbons (Fsp3) is 0.417. The average Bonchev–Trinajstić information content (AvgIpc) is 3.10. The number of rotatable bonds is 2. The van der Waals surface area contributed by atoms with Crippen LogP contribution in [0.4, 0.5) is 4.79 Å². The van der Waals surface area contributed by atoms with Crippen LogP contribution in [0, 0.1) is 0 Å². The lowest BCUT2D eigenvalue weighted by Gasteiger charge is -2.21. The van der Waals surface area contributed by atoms with E-state index in [2.05, 4.69) is 15.9 Å². The third-order valence-corrected chi connectivity index (χ3v) is 4.65. The molecule has 3 rings (SSSR count). The molecule has 1 atom stereocenters. The first-order chi connectivity index (χ1) is 9.56. The van der Waals surface area contributed by atoms with Gasteiger partial charge in [0.1, 0.15) is 0 Å². The molecule has 0 aromatic carbocycles. The maximum Gasteiger partial charge on any atom is 0.289 e. The molecule has 1 aromatic rings. The molecule has 106 valence electrons. The van der Waals surface area contributed by atoms with Crippen molar-refractivity contribution in [2.75, 3.05) is 18.8 Å². The van der Waals surface area contributed by atoms with Crippen molar-refractivity contribution in [2.45, 2.75) is 12.5 Å². The molecule has 0 spiro atoms. The predicted octanol–water partition coefficient (Wildman–Crippen LogP) is 1.95. The van der Waals surface area contributed by atoms with E-state index in [1.807, 2.05) is 0 Å². The van der Waals surface area contributed by atoms with Crippen LogP contribution in [0.5, 0.6) is 0 Å². The second-order valence-electron chi connectivity index (χ2n) is 4.62. The standard InChI is InChI=1S/C12H11BrN2O4S/c13-9-2-1-8(19-9)11(17)14-4-3-7(5-14)15-10(16)6-20-12(15)18/h1-2,7H,3-6H2. The van der Waals surface area contributed by atoms with Crippen molar-refractivity contribution in [1.29, 1.82) is 0 Å². The van der Waals surface area contributed by atoms with E-state index in [4.69, 9.17) is 4.42 Å². The Kier molecular flexibility index (Phi) is 3.59. The number of thioether (sulfide) groups is 1. The molecule has 2 saturated heterocycles. The normalized spacial score (nSPS) is 22.9. The van der Waals surface area contributed by atoms with E-state index in [0.717, 1.165) is 11.8 Å². The predicted molar refractivity (Wildman–Crippen MR) is 75.4 cm³/mol. The monoisotopic (exact) mass is 358 g/mol. The van der Waals surface area contributed by atoms with E-state index >= 15 is 0 Å². The van der Waals surface area contributed by atoms with Crippen molar-refractivity contribution in [1.82, 2.24) is 9.80 Å². The number of halogens is 1. The first kappa shape index (κ1) is 13.7. The number of carbonyl (C=O) groups is 3. The molecular formula is C12H11BrN2O4S. The highest BCUT2D eigenvalue weighted by atomic mass is 79.9. The molecule has 0 saturated carbocycles. The van der Waals surface area contributed by atoms with Crippen LogP contribution in [-0.4, -0.2) is 51.7 Å². The van der Waals surface area contributed by atoms with Crippen molar-refractivity contribution in [3.63, 3.8) is 0 Å². The first-order valence-corrected chi connectivity index (χ1v) is 7.87. The molecule has 2 aliphatic heterocycles. The number of furan rings is 1. The van der Waals surface area contributed by atoms with Crippen molar-refractivity contribution in [2.24, 2.45) is 0 Å². The van der Waals surface area contributed by atoms with Crippen LogP contribution >= 0.6 is 27.7 Å². The van der Waals surface area contributed by atoms with Gasteiger partial charge in [0.2, 0.25) is 5.91 Å². The van der Waals surface area contributed by atoms with E-state index in [9.17, 15) is 14.4 Å². The molecule has 8 heteroatoms. The third-order valence-electron chi connectivity index (χ3n) is 3.38. The molecule has 1 unspecified atom stereocenters. The topological polar surface area (TPSA) is 70.8 Å². The Morgan fingerprint density at radius 3 is 2.80 bits per heavy atom. The Hall–Kier alpha value is -1.28. The van der Waals surface area contributed by atoms with Gasteiger partial charge >= 0.3 is 0 Å². The van der Waals surface area contributed by atoms with Gasteiger partial charge in [-0.05, 0) is 34.5 Å². The molecule has 2 aliphatic rings. The highest BCUT2D eigenvalue weighted by Crippen LogP contribution is 2.27. The van der Waals surface area contributed by atoms with Crippen molar-refractivity contribution in [3.8, 4) is 0 Å². The number of imide groups is 1. The Labute approximate surface area is 127 Å². The zero-order valence-electron chi connectivity index (χ0n) is 10.4. The van der Waals surface area contributed by atoms with Crippen molar-refractivity contribution >= 4 is 44.7 Å². The Morgan fingerprint density at radius 1 is 1.40 bits per heavy atom. The maximum atomic E-state index is 12.2. The molecule has 6 nitrogen and oxygen atoms in total. The van der Waals surface area contributed by atoms with Gasteiger partial charge in [0.05, 0.1) is 11.8 Å². The minimum Gasteiger partial charge on any atom is -0.444 e. The molecule has 0 radical (unpaired) electrons. The zero-order valence-corrected chi connectivity index (χ0v) is 12.8. The Morgan fingerprint density at radius 2 is 2.20 bits per heavy atom. The average molecular weight is 359 g/mol. The molecule has 20 heavy (non-hydrogen) atoms. The molecule has 0 aliphatic carbocycles. The van der Waals surface area contributed by atoms with Gasteiger partial charge in [0, 0.05) is 13.1 Å². The summed E-state index contributed by atoms with van der Waals surface area (Å²) in [6.45, 7) is 0.888. The quantitative estimate of drug-likeness (QED) is 0.807. The second kappa shape index (κ2) is 5.25. The minimum absolute atomic E-state index is 0.167. The molecule has 0 bridgehead atoms. The lowest BCUT2D eigenvalue weighted by molar-refractivity contribution is -0.126. The SMILES string of the molecule is O=C(c1ccc(Br)o1)N1CCC(N2C(=O)CSC2=O)C1. The summed E-state index contributed by atoms with van der Waals surface area (Å²) in [5.74, 6) is 0.0741. The first-order valence-electron chi connectivity index (χ1n) is 6.09. The maximum absolute atomic E-state index is 12.2. The van der Waals surface area contributed by atoms with Crippen molar-refractivity contribution < 1.29 is 18.8 Å². The summed E-state index contributed by atoms with van der Waals surface area (Å²) >= 11 is 4.17. The van der Waals surface area contributed by atoms with E-state index < -0.39 is 0 Å². The largest absolute Gasteiger partial charge is 0.444 e. The van der Waals surface area contributed by atoms with E-state index in [0.29, 0.717) is 24.2 Å². The lowest BCUT2D eigenvalue weighted by Crippen LogP contribution is -2.41. The number of hydrogen-bond donors (Lipinski definition) is 0. The number of amides is 3. The molecule has 2 fully saturated rings. The van der Waals surface area contributed by atoms with Gasteiger partial charge < -0.3 is 9.32 Å². The smallest absolute Gasteiger partial charge is 0.289 e. The summed E-state index contributed by atoms with van der Waals surface area (Å²) in [6.07, 6.45) is 0.617. The summed E-state index contributed by atoms with van der Waals surface area (Å²) in [5.41, 5.74) is 0. The molecule has 3 heterocycles. The summed E-state index contributed by atoms with van der Waals surface area (Å²) < 4.78 is 5.73. The van der Waals surface area contributed by atoms with Gasteiger partial charge in [-0.2, -0.15) is 0 Å². The summed E-state index contributed by atoms with van der Waals surface area (Å²) in [7, 11) is 0. The number of nitrogens with zero attached hydrogens (tertiary/aromatic N) is 2.